The van der Waals surface area contributed by atoms with E-state index in [1.54, 1.807) is 35.5 Å². The lowest BCUT2D eigenvalue weighted by Gasteiger charge is -2.34. The molecule has 2 aromatic carbocycles. The number of carbonyl (C=O) groups is 1. The normalized spacial score (nSPS) is 20.2. The fourth-order valence-electron chi connectivity index (χ4n) is 6.23. The van der Waals surface area contributed by atoms with Crippen LogP contribution in [-0.4, -0.2) is 70.6 Å². The lowest BCUT2D eigenvalue weighted by atomic mass is 9.92. The highest BCUT2D eigenvalue weighted by atomic mass is 32.2. The number of aryl methyl sites for hydroxylation is 2. The van der Waals surface area contributed by atoms with Crippen molar-refractivity contribution < 1.29 is 27.4 Å². The lowest BCUT2D eigenvalue weighted by Crippen LogP contribution is -2.44. The molecule has 0 spiro atoms. The van der Waals surface area contributed by atoms with Crippen molar-refractivity contribution in [3.8, 4) is 22.9 Å². The molecule has 2 aromatic heterocycles. The zero-order chi connectivity index (χ0) is 34.7. The first-order valence-electron chi connectivity index (χ1n) is 16.6. The van der Waals surface area contributed by atoms with Crippen LogP contribution in [0, 0.1) is 19.8 Å². The minimum Gasteiger partial charge on any atom is -0.487 e. The molecule has 2 aliphatic rings. The third-order valence-corrected chi connectivity index (χ3v) is 10.0. The summed E-state index contributed by atoms with van der Waals surface area (Å²) in [6, 6.07) is 13.1. The second-order valence-corrected chi connectivity index (χ2v) is 14.6. The number of nitrogens with one attached hydrogen (secondary N) is 1. The van der Waals surface area contributed by atoms with Crippen LogP contribution in [0.4, 0.5) is 5.95 Å². The van der Waals surface area contributed by atoms with Crippen LogP contribution in [-0.2, 0) is 21.3 Å². The third-order valence-electron chi connectivity index (χ3n) is 8.68. The monoisotopic (exact) mass is 686 g/mol. The van der Waals surface area contributed by atoms with E-state index in [2.05, 4.69) is 38.5 Å². The molecule has 4 aromatic rings. The molecule has 1 aliphatic carbocycles. The van der Waals surface area contributed by atoms with Gasteiger partial charge >= 0.3 is 0 Å². The van der Waals surface area contributed by atoms with Gasteiger partial charge in [0.1, 0.15) is 18.5 Å². The molecule has 4 bridgehead atoms. The number of amides is 1. The number of fused-ring (bicyclic) bond motifs is 4. The van der Waals surface area contributed by atoms with Crippen molar-refractivity contribution >= 4 is 21.9 Å². The van der Waals surface area contributed by atoms with Crippen molar-refractivity contribution in [2.75, 3.05) is 17.9 Å². The van der Waals surface area contributed by atoms with Gasteiger partial charge in [0.2, 0.25) is 11.8 Å². The number of anilines is 1. The van der Waals surface area contributed by atoms with Crippen molar-refractivity contribution in [3.63, 3.8) is 0 Å². The van der Waals surface area contributed by atoms with E-state index in [9.17, 15) is 13.2 Å². The molecule has 1 N–H and O–H groups in total. The van der Waals surface area contributed by atoms with Crippen molar-refractivity contribution in [2.45, 2.75) is 83.6 Å². The molecule has 1 atom stereocenters. The van der Waals surface area contributed by atoms with E-state index in [4.69, 9.17) is 14.2 Å². The summed E-state index contributed by atoms with van der Waals surface area (Å²) in [7, 11) is -4.18. The number of ether oxygens (including phenoxy) is 3. The predicted octanol–water partition coefficient (Wildman–Crippen LogP) is 5.75. The molecule has 258 valence electrons. The zero-order valence-corrected chi connectivity index (χ0v) is 29.2. The van der Waals surface area contributed by atoms with Gasteiger partial charge in [-0.2, -0.15) is 4.98 Å². The van der Waals surface area contributed by atoms with Crippen LogP contribution in [0.25, 0.3) is 11.3 Å². The van der Waals surface area contributed by atoms with Crippen LogP contribution >= 0.6 is 0 Å². The Labute approximate surface area is 287 Å². The second-order valence-electron chi connectivity index (χ2n) is 13.0. The Morgan fingerprint density at radius 2 is 1.71 bits per heavy atom. The molecule has 1 amide bonds. The van der Waals surface area contributed by atoms with Gasteiger partial charge in [0.05, 0.1) is 41.7 Å². The van der Waals surface area contributed by atoms with Crippen molar-refractivity contribution in [1.29, 1.82) is 0 Å². The fourth-order valence-corrected chi connectivity index (χ4v) is 7.22. The molecule has 12 nitrogen and oxygen atoms in total. The third kappa shape index (κ3) is 8.00. The molecule has 1 fully saturated rings. The molecule has 3 heterocycles. The topological polar surface area (TPSA) is 146 Å². The minimum atomic E-state index is -4.18. The summed E-state index contributed by atoms with van der Waals surface area (Å²) >= 11 is 0. The predicted molar refractivity (Wildman–Crippen MR) is 184 cm³/mol. The molecule has 0 unspecified atom stereocenters. The van der Waals surface area contributed by atoms with Crippen LogP contribution in [0.3, 0.4) is 0 Å². The first-order valence-corrected chi connectivity index (χ1v) is 18.1. The highest BCUT2D eigenvalue weighted by molar-refractivity contribution is 7.92. The summed E-state index contributed by atoms with van der Waals surface area (Å²) in [5.41, 5.74) is 3.51. The summed E-state index contributed by atoms with van der Waals surface area (Å²) < 4.78 is 47.7. The molecule has 1 saturated carbocycles. The average molecular weight is 687 g/mol. The Bertz CT molecular complexity index is 1890. The summed E-state index contributed by atoms with van der Waals surface area (Å²) in [5.74, 6) is 0.823. The van der Waals surface area contributed by atoms with Crippen molar-refractivity contribution in [3.05, 3.63) is 83.4 Å². The number of nitrogens with zero attached hydrogens (tertiary/aromatic N) is 5. The second kappa shape index (κ2) is 14.5. The molecule has 0 radical (unpaired) electrons. The van der Waals surface area contributed by atoms with Gasteiger partial charge in [-0.05, 0) is 62.4 Å². The standard InChI is InChI=1S/C36H42N6O6S/c1-6-46-27-15-28(16-27)48-29-18-37-32(38-19-29)20-42-26(13-22(2)3)21-47-33-17-31(34-23(4)9-7-10-24(34)5)39-36(40-33)41-49(44,45)30-12-8-11-25(14-30)35(42)43/h7-12,14,17-19,22,26-28H,6,13,15-16,20-21H2,1-5H3,(H,39,40,41)/t26-,27?,28?/m1/s1. The Balaban J connectivity index is 1.35. The summed E-state index contributed by atoms with van der Waals surface area (Å²) in [6.45, 7) is 10.9. The van der Waals surface area contributed by atoms with E-state index < -0.39 is 16.1 Å². The summed E-state index contributed by atoms with van der Waals surface area (Å²) in [6.07, 6.45) is 5.73. The number of rotatable bonds is 9. The number of hydrogen-bond acceptors (Lipinski definition) is 10. The van der Waals surface area contributed by atoms with E-state index in [-0.39, 0.29) is 59.5 Å². The van der Waals surface area contributed by atoms with Gasteiger partial charge < -0.3 is 19.1 Å². The highest BCUT2D eigenvalue weighted by Gasteiger charge is 2.32. The van der Waals surface area contributed by atoms with E-state index in [1.165, 1.54) is 12.1 Å². The summed E-state index contributed by atoms with van der Waals surface area (Å²) in [4.78, 5) is 34.0. The molecule has 13 heteroatoms. The summed E-state index contributed by atoms with van der Waals surface area (Å²) in [5, 5.41) is 0. The van der Waals surface area contributed by atoms with Gasteiger partial charge in [0.25, 0.3) is 15.9 Å². The number of benzene rings is 2. The molecule has 49 heavy (non-hydrogen) atoms. The van der Waals surface area contributed by atoms with E-state index in [1.807, 2.05) is 39.0 Å². The van der Waals surface area contributed by atoms with E-state index >= 15 is 0 Å². The number of sulfonamides is 1. The van der Waals surface area contributed by atoms with Gasteiger partial charge in [-0.1, -0.05) is 38.1 Å². The van der Waals surface area contributed by atoms with E-state index in [0.29, 0.717) is 30.3 Å². The molecular formula is C36H42N6O6S. The smallest absolute Gasteiger partial charge is 0.264 e. The van der Waals surface area contributed by atoms with Crippen molar-refractivity contribution in [2.24, 2.45) is 5.92 Å². The first-order chi connectivity index (χ1) is 23.5. The Kier molecular flexibility index (Phi) is 10.1. The number of hydrogen-bond donors (Lipinski definition) is 1. The van der Waals surface area contributed by atoms with Crippen LogP contribution in [0.15, 0.2) is 65.8 Å². The first kappa shape index (κ1) is 34.3. The molecule has 6 rings (SSSR count). The van der Waals surface area contributed by atoms with E-state index in [0.717, 1.165) is 29.5 Å². The van der Waals surface area contributed by atoms with Gasteiger partial charge in [0, 0.05) is 36.6 Å². The molecular weight excluding hydrogens is 644 g/mol. The maximum absolute atomic E-state index is 14.3. The lowest BCUT2D eigenvalue weighted by molar-refractivity contribution is -0.0565. The quantitative estimate of drug-likeness (QED) is 0.231. The number of aromatic nitrogens is 4. The van der Waals surface area contributed by atoms with Crippen LogP contribution in [0.5, 0.6) is 11.6 Å². The van der Waals surface area contributed by atoms with Crippen molar-refractivity contribution in [1.82, 2.24) is 24.8 Å². The zero-order valence-electron chi connectivity index (χ0n) is 28.4. The van der Waals surface area contributed by atoms with Crippen LogP contribution in [0.2, 0.25) is 0 Å². The van der Waals surface area contributed by atoms with Crippen LogP contribution < -0.4 is 14.2 Å². The highest BCUT2D eigenvalue weighted by Crippen LogP contribution is 2.31. The molecule has 0 saturated heterocycles. The SMILES string of the molecule is CCOC1CC(Oc2cnc(CN3C(=O)c4cccc(c4)S(=O)(=O)Nc4nc(cc(-c5c(C)cccc5C)n4)OC[C@H]3CC(C)C)nc2)C1. The maximum atomic E-state index is 14.3. The Morgan fingerprint density at radius 1 is 1.00 bits per heavy atom. The largest absolute Gasteiger partial charge is 0.487 e. The molecule has 1 aliphatic heterocycles. The fraction of sp³-hybridized carbons (Fsp3) is 0.417. The van der Waals surface area contributed by atoms with Gasteiger partial charge in [-0.25, -0.2) is 28.1 Å². The van der Waals surface area contributed by atoms with Gasteiger partial charge in [-0.3, -0.25) is 4.79 Å². The van der Waals surface area contributed by atoms with Gasteiger partial charge in [-0.15, -0.1) is 0 Å². The average Bonchev–Trinajstić information content (AvgIpc) is 3.04. The number of carbonyl (C=O) groups excluding carboxylic acids is 1. The minimum absolute atomic E-state index is 0.0508. The maximum Gasteiger partial charge on any atom is 0.264 e. The Morgan fingerprint density at radius 3 is 2.41 bits per heavy atom. The van der Waals surface area contributed by atoms with Crippen LogP contribution in [0.1, 0.15) is 67.3 Å². The van der Waals surface area contributed by atoms with Gasteiger partial charge in [0.15, 0.2) is 5.75 Å². The Hall–Kier alpha value is -4.62.